The maximum Gasteiger partial charge on any atom is 0.448 e. The lowest BCUT2D eigenvalue weighted by molar-refractivity contribution is -0.406. The molecule has 0 saturated heterocycles. The van der Waals surface area contributed by atoms with Crippen molar-refractivity contribution in [1.82, 2.24) is 0 Å². The third-order valence-corrected chi connectivity index (χ3v) is 7.01. The minimum atomic E-state index is -5.61. The molecule has 4 aliphatic rings. The molecule has 6 unspecified atom stereocenters. The van der Waals surface area contributed by atoms with Crippen molar-refractivity contribution < 1.29 is 40.9 Å². The number of alkyl halides is 7. The van der Waals surface area contributed by atoms with E-state index in [-0.39, 0.29) is 25.7 Å². The van der Waals surface area contributed by atoms with Crippen LogP contribution in [0.2, 0.25) is 0 Å². The summed E-state index contributed by atoms with van der Waals surface area (Å²) in [5, 5.41) is 20.1. The van der Waals surface area contributed by atoms with E-state index in [4.69, 9.17) is 0 Å². The van der Waals surface area contributed by atoms with Crippen molar-refractivity contribution in [3.8, 4) is 0 Å². The van der Waals surface area contributed by atoms with Gasteiger partial charge in [0.1, 0.15) is 0 Å². The molecule has 0 heterocycles. The average molecular weight is 378 g/mol. The normalized spacial score (nSPS) is 46.0. The Kier molecular flexibility index (Phi) is 3.56. The highest BCUT2D eigenvalue weighted by atomic mass is 19.4. The molecule has 4 fully saturated rings. The number of hydrogen-bond donors (Lipinski definition) is 2. The zero-order chi connectivity index (χ0) is 19.3. The molecule has 4 rings (SSSR count). The lowest BCUT2D eigenvalue weighted by Gasteiger charge is -2.70. The molecule has 4 aliphatic carbocycles. The number of aliphatic hydroxyl groups is 2. The van der Waals surface area contributed by atoms with Crippen LogP contribution in [0.25, 0.3) is 0 Å². The molecule has 0 spiro atoms. The van der Waals surface area contributed by atoms with Gasteiger partial charge in [-0.25, -0.2) is 4.39 Å². The van der Waals surface area contributed by atoms with E-state index in [0.717, 1.165) is 0 Å². The van der Waals surface area contributed by atoms with E-state index < -0.39 is 52.4 Å². The first-order valence-corrected chi connectivity index (χ1v) is 8.18. The van der Waals surface area contributed by atoms with Crippen LogP contribution in [-0.2, 0) is 0 Å². The molecule has 25 heavy (non-hydrogen) atoms. The van der Waals surface area contributed by atoms with Crippen molar-refractivity contribution in [2.75, 3.05) is 0 Å². The lowest BCUT2D eigenvalue weighted by Crippen LogP contribution is -2.72. The average Bonchev–Trinajstić information content (AvgIpc) is 2.32. The molecule has 0 aromatic heterocycles. The summed E-state index contributed by atoms with van der Waals surface area (Å²) in [6, 6.07) is 0. The Morgan fingerprint density at radius 1 is 0.760 bits per heavy atom. The molecule has 146 valence electrons. The van der Waals surface area contributed by atoms with Gasteiger partial charge in [0.15, 0.2) is 5.60 Å². The van der Waals surface area contributed by atoms with Gasteiger partial charge in [0.05, 0.1) is 0 Å². The van der Waals surface area contributed by atoms with Gasteiger partial charge in [-0.15, -0.1) is 0 Å². The quantitative estimate of drug-likeness (QED) is 0.695. The summed E-state index contributed by atoms with van der Waals surface area (Å²) in [5.41, 5.74) is -8.55. The Morgan fingerprint density at radius 2 is 1.24 bits per heavy atom. The number of hydrogen-bond acceptors (Lipinski definition) is 2. The topological polar surface area (TPSA) is 40.5 Å². The molecule has 0 amide bonds. The molecule has 4 bridgehead atoms. The van der Waals surface area contributed by atoms with Crippen molar-refractivity contribution in [2.45, 2.75) is 76.2 Å². The van der Waals surface area contributed by atoms with Crippen molar-refractivity contribution in [1.29, 1.82) is 0 Å². The highest BCUT2D eigenvalue weighted by Gasteiger charge is 2.79. The van der Waals surface area contributed by atoms with Crippen LogP contribution in [0.4, 0.5) is 30.7 Å². The van der Waals surface area contributed by atoms with E-state index in [0.29, 0.717) is 13.3 Å². The zero-order valence-electron chi connectivity index (χ0n) is 13.9. The molecule has 2 nitrogen and oxygen atoms in total. The second-order valence-corrected chi connectivity index (χ2v) is 9.07. The molecule has 4 saturated carbocycles. The second kappa shape index (κ2) is 4.64. The summed E-state index contributed by atoms with van der Waals surface area (Å²) < 4.78 is 94.8. The predicted octanol–water partition coefficient (Wildman–Crippen LogP) is 4.50. The predicted molar refractivity (Wildman–Crippen MR) is 73.0 cm³/mol. The van der Waals surface area contributed by atoms with E-state index >= 15 is 0 Å². The van der Waals surface area contributed by atoms with E-state index in [1.54, 1.807) is 0 Å². The van der Waals surface area contributed by atoms with Crippen LogP contribution in [0.3, 0.4) is 0 Å². The van der Waals surface area contributed by atoms with Gasteiger partial charge in [0, 0.05) is 10.8 Å². The highest BCUT2D eigenvalue weighted by Crippen LogP contribution is 2.76. The summed E-state index contributed by atoms with van der Waals surface area (Å²) >= 11 is 0. The van der Waals surface area contributed by atoms with Crippen LogP contribution >= 0.6 is 0 Å². The van der Waals surface area contributed by atoms with Crippen molar-refractivity contribution in [3.63, 3.8) is 0 Å². The first-order chi connectivity index (χ1) is 10.9. The minimum Gasteiger partial charge on any atom is -0.380 e. The van der Waals surface area contributed by atoms with E-state index in [1.165, 1.54) is 6.92 Å². The van der Waals surface area contributed by atoms with Crippen LogP contribution in [0.15, 0.2) is 0 Å². The van der Waals surface area contributed by atoms with Crippen LogP contribution in [0.5, 0.6) is 0 Å². The molecule has 6 atom stereocenters. The van der Waals surface area contributed by atoms with Crippen LogP contribution in [0, 0.1) is 22.2 Å². The third-order valence-electron chi connectivity index (χ3n) is 7.01. The maximum absolute atomic E-state index is 14.6. The molecule has 2 N–H and O–H groups in total. The summed E-state index contributed by atoms with van der Waals surface area (Å²) in [5.74, 6) is -5.19. The van der Waals surface area contributed by atoms with Crippen molar-refractivity contribution in [2.24, 2.45) is 22.2 Å². The molecule has 0 aromatic carbocycles. The Labute approximate surface area is 140 Å². The number of halogens is 7. The fourth-order valence-electron chi connectivity index (χ4n) is 6.43. The van der Waals surface area contributed by atoms with Gasteiger partial charge in [-0.2, -0.15) is 26.3 Å². The third kappa shape index (κ3) is 2.30. The maximum atomic E-state index is 14.6. The Hall–Kier alpha value is -0.570. The van der Waals surface area contributed by atoms with Crippen LogP contribution in [-0.4, -0.2) is 34.0 Å². The van der Waals surface area contributed by atoms with Crippen LogP contribution < -0.4 is 0 Å². The molecule has 0 radical (unpaired) electrons. The molecule has 0 aliphatic heterocycles. The van der Waals surface area contributed by atoms with E-state index in [2.05, 4.69) is 0 Å². The zero-order valence-corrected chi connectivity index (χ0v) is 13.9. The summed E-state index contributed by atoms with van der Waals surface area (Å²) in [6.07, 6.45) is -12.1. The van der Waals surface area contributed by atoms with E-state index in [9.17, 15) is 40.9 Å². The van der Waals surface area contributed by atoms with Gasteiger partial charge in [0.2, 0.25) is 0 Å². The minimum absolute atomic E-state index is 0.120. The second-order valence-electron chi connectivity index (χ2n) is 9.07. The van der Waals surface area contributed by atoms with Gasteiger partial charge in [-0.05, 0) is 56.8 Å². The summed E-state index contributed by atoms with van der Waals surface area (Å²) in [7, 11) is 0. The number of rotatable bonds is 2. The molecular weight excluding hydrogens is 357 g/mol. The molecule has 0 aromatic rings. The summed E-state index contributed by atoms with van der Waals surface area (Å²) in [4.78, 5) is 0. The lowest BCUT2D eigenvalue weighted by atomic mass is 9.36. The van der Waals surface area contributed by atoms with Gasteiger partial charge in [-0.1, -0.05) is 6.92 Å². The Balaban J connectivity index is 2.15. The molecule has 9 heteroatoms. The fraction of sp³-hybridized carbons (Fsp3) is 1.00. The Morgan fingerprint density at radius 3 is 1.68 bits per heavy atom. The van der Waals surface area contributed by atoms with Crippen molar-refractivity contribution >= 4 is 0 Å². The fourth-order valence-corrected chi connectivity index (χ4v) is 6.43. The Bertz CT molecular complexity index is 536. The SMILES string of the molecule is CC12CC3CC(C(C)(O)C(F)(F)F)(C1)CC(C(O)(F)C(F)(F)F)(C3)C2. The highest BCUT2D eigenvalue weighted by molar-refractivity contribution is 5.20. The first kappa shape index (κ1) is 19.2. The summed E-state index contributed by atoms with van der Waals surface area (Å²) in [6.45, 7) is 2.09. The van der Waals surface area contributed by atoms with Gasteiger partial charge in [0.25, 0.3) is 0 Å². The van der Waals surface area contributed by atoms with Gasteiger partial charge >= 0.3 is 18.2 Å². The monoisotopic (exact) mass is 378 g/mol. The molecular formula is C16H21F7O2. The first-order valence-electron chi connectivity index (χ1n) is 8.18. The smallest absolute Gasteiger partial charge is 0.380 e. The van der Waals surface area contributed by atoms with Crippen LogP contribution in [0.1, 0.15) is 52.4 Å². The van der Waals surface area contributed by atoms with E-state index in [1.807, 2.05) is 0 Å². The van der Waals surface area contributed by atoms with Crippen molar-refractivity contribution in [3.05, 3.63) is 0 Å². The standard InChI is InChI=1S/C16H21F7O2/c1-10-3-9-4-12(6-10,11(2,24)15(18,19)20)8-13(5-9,7-10)14(17,25)16(21,22)23/h9,24-25H,3-8H2,1-2H3. The largest absolute Gasteiger partial charge is 0.448 e. The van der Waals surface area contributed by atoms with Gasteiger partial charge < -0.3 is 10.2 Å². The van der Waals surface area contributed by atoms with Gasteiger partial charge in [-0.3, -0.25) is 0 Å².